The Labute approximate surface area is 136 Å². The molecular formula is C19H22N2O2. The second-order valence-corrected chi connectivity index (χ2v) is 6.00. The lowest BCUT2D eigenvalue weighted by atomic mass is 9.92. The molecule has 3 rings (SSSR count). The standard InChI is InChI=1S/C19H22N2O2/c1-4-20(5-2)9-10-21-18(22)15-8-6-7-14-11-13(3)12-16(17(14)15)19(21)23/h6-8,11-12H,4-5,9-10H2,1-3H3. The first kappa shape index (κ1) is 15.7. The molecule has 120 valence electrons. The molecule has 0 aromatic heterocycles. The molecule has 2 aromatic rings. The van der Waals surface area contributed by atoms with Crippen molar-refractivity contribution >= 4 is 22.6 Å². The van der Waals surface area contributed by atoms with E-state index in [1.165, 1.54) is 4.90 Å². The first-order valence-corrected chi connectivity index (χ1v) is 8.18. The van der Waals surface area contributed by atoms with Gasteiger partial charge < -0.3 is 4.90 Å². The number of imide groups is 1. The van der Waals surface area contributed by atoms with Crippen LogP contribution in [0.2, 0.25) is 0 Å². The Balaban J connectivity index is 2.02. The molecule has 0 radical (unpaired) electrons. The number of hydrogen-bond acceptors (Lipinski definition) is 3. The van der Waals surface area contributed by atoms with E-state index in [0.717, 1.165) is 29.4 Å². The lowest BCUT2D eigenvalue weighted by Crippen LogP contribution is -2.44. The summed E-state index contributed by atoms with van der Waals surface area (Å²) < 4.78 is 0. The van der Waals surface area contributed by atoms with Gasteiger partial charge in [-0.05, 0) is 43.1 Å². The first-order chi connectivity index (χ1) is 11.1. The van der Waals surface area contributed by atoms with Crippen LogP contribution in [0.15, 0.2) is 30.3 Å². The average Bonchev–Trinajstić information content (AvgIpc) is 2.55. The number of benzene rings is 2. The van der Waals surface area contributed by atoms with Gasteiger partial charge in [0.2, 0.25) is 0 Å². The molecule has 0 spiro atoms. The summed E-state index contributed by atoms with van der Waals surface area (Å²) in [6, 6.07) is 9.58. The molecule has 0 saturated carbocycles. The third kappa shape index (κ3) is 2.63. The van der Waals surface area contributed by atoms with Crippen molar-refractivity contribution in [2.45, 2.75) is 20.8 Å². The van der Waals surface area contributed by atoms with Gasteiger partial charge in [-0.2, -0.15) is 0 Å². The second-order valence-electron chi connectivity index (χ2n) is 6.00. The molecule has 23 heavy (non-hydrogen) atoms. The Bertz CT molecular complexity index is 778. The molecule has 2 aromatic carbocycles. The van der Waals surface area contributed by atoms with Gasteiger partial charge >= 0.3 is 0 Å². The maximum absolute atomic E-state index is 12.8. The summed E-state index contributed by atoms with van der Waals surface area (Å²) in [4.78, 5) is 29.2. The van der Waals surface area contributed by atoms with Crippen molar-refractivity contribution in [1.82, 2.24) is 9.80 Å². The number of rotatable bonds is 5. The Hall–Kier alpha value is -2.20. The van der Waals surface area contributed by atoms with E-state index < -0.39 is 0 Å². The molecule has 0 bridgehead atoms. The van der Waals surface area contributed by atoms with E-state index in [-0.39, 0.29) is 11.8 Å². The van der Waals surface area contributed by atoms with Crippen LogP contribution in [0.4, 0.5) is 0 Å². The van der Waals surface area contributed by atoms with Crippen molar-refractivity contribution in [3.05, 3.63) is 47.0 Å². The Morgan fingerprint density at radius 1 is 1.00 bits per heavy atom. The molecule has 0 aliphatic carbocycles. The predicted octanol–water partition coefficient (Wildman–Crippen LogP) is 3.09. The van der Waals surface area contributed by atoms with E-state index in [9.17, 15) is 9.59 Å². The molecule has 1 heterocycles. The Morgan fingerprint density at radius 2 is 1.70 bits per heavy atom. The second kappa shape index (κ2) is 6.13. The van der Waals surface area contributed by atoms with Crippen LogP contribution >= 0.6 is 0 Å². The minimum absolute atomic E-state index is 0.172. The number of nitrogens with zero attached hydrogens (tertiary/aromatic N) is 2. The zero-order chi connectivity index (χ0) is 16.6. The summed E-state index contributed by atoms with van der Waals surface area (Å²) in [5.74, 6) is -0.348. The highest BCUT2D eigenvalue weighted by molar-refractivity contribution is 6.25. The van der Waals surface area contributed by atoms with E-state index in [2.05, 4.69) is 18.7 Å². The number of carbonyl (C=O) groups is 2. The molecule has 0 atom stereocenters. The fraction of sp³-hybridized carbons (Fsp3) is 0.368. The van der Waals surface area contributed by atoms with Crippen LogP contribution in [0.25, 0.3) is 10.8 Å². The molecule has 4 nitrogen and oxygen atoms in total. The number of carbonyl (C=O) groups excluding carboxylic acids is 2. The summed E-state index contributed by atoms with van der Waals surface area (Å²) in [6.07, 6.45) is 0. The lowest BCUT2D eigenvalue weighted by molar-refractivity contribution is 0.0594. The van der Waals surface area contributed by atoms with Crippen molar-refractivity contribution in [2.75, 3.05) is 26.2 Å². The van der Waals surface area contributed by atoms with E-state index >= 15 is 0 Å². The fourth-order valence-electron chi connectivity index (χ4n) is 3.29. The van der Waals surface area contributed by atoms with Gasteiger partial charge in [0, 0.05) is 29.6 Å². The maximum Gasteiger partial charge on any atom is 0.261 e. The smallest absolute Gasteiger partial charge is 0.261 e. The zero-order valence-corrected chi connectivity index (χ0v) is 13.9. The van der Waals surface area contributed by atoms with E-state index in [4.69, 9.17) is 0 Å². The van der Waals surface area contributed by atoms with Crippen molar-refractivity contribution in [3.8, 4) is 0 Å². The monoisotopic (exact) mass is 310 g/mol. The van der Waals surface area contributed by atoms with Gasteiger partial charge in [-0.25, -0.2) is 0 Å². The normalized spacial score (nSPS) is 14.2. The predicted molar refractivity (Wildman–Crippen MR) is 91.8 cm³/mol. The first-order valence-electron chi connectivity index (χ1n) is 8.18. The molecule has 0 saturated heterocycles. The van der Waals surface area contributed by atoms with Gasteiger partial charge in [-0.3, -0.25) is 14.5 Å². The topological polar surface area (TPSA) is 40.6 Å². The summed E-state index contributed by atoms with van der Waals surface area (Å²) >= 11 is 0. The largest absolute Gasteiger partial charge is 0.302 e. The average molecular weight is 310 g/mol. The number of amides is 2. The van der Waals surface area contributed by atoms with Gasteiger partial charge in [0.05, 0.1) is 0 Å². The van der Waals surface area contributed by atoms with Crippen LogP contribution in [0, 0.1) is 6.92 Å². The molecule has 0 fully saturated rings. The van der Waals surface area contributed by atoms with Crippen LogP contribution in [-0.2, 0) is 0 Å². The van der Waals surface area contributed by atoms with Gasteiger partial charge in [0.25, 0.3) is 11.8 Å². The minimum Gasteiger partial charge on any atom is -0.302 e. The highest BCUT2D eigenvalue weighted by Gasteiger charge is 2.32. The summed E-state index contributed by atoms with van der Waals surface area (Å²) in [5.41, 5.74) is 2.32. The number of likely N-dealkylation sites (N-methyl/N-ethyl adjacent to an activating group) is 1. The summed E-state index contributed by atoms with van der Waals surface area (Å²) in [6.45, 7) is 9.12. The maximum atomic E-state index is 12.8. The summed E-state index contributed by atoms with van der Waals surface area (Å²) in [7, 11) is 0. The highest BCUT2D eigenvalue weighted by atomic mass is 16.2. The lowest BCUT2D eigenvalue weighted by Gasteiger charge is -2.29. The molecule has 0 unspecified atom stereocenters. The molecule has 0 N–H and O–H groups in total. The van der Waals surface area contributed by atoms with Crippen LogP contribution in [0.3, 0.4) is 0 Å². The summed E-state index contributed by atoms with van der Waals surface area (Å²) in [5, 5.41) is 1.76. The number of aryl methyl sites for hydroxylation is 1. The molecule has 1 aliphatic rings. The third-order valence-electron chi connectivity index (χ3n) is 4.61. The van der Waals surface area contributed by atoms with Crippen molar-refractivity contribution < 1.29 is 9.59 Å². The van der Waals surface area contributed by atoms with Crippen LogP contribution in [-0.4, -0.2) is 47.8 Å². The Kier molecular flexibility index (Phi) is 4.18. The van der Waals surface area contributed by atoms with Crippen molar-refractivity contribution in [3.63, 3.8) is 0 Å². The molecule has 2 amide bonds. The highest BCUT2D eigenvalue weighted by Crippen LogP contribution is 2.31. The van der Waals surface area contributed by atoms with Crippen LogP contribution in [0.1, 0.15) is 40.1 Å². The van der Waals surface area contributed by atoms with Gasteiger partial charge in [0.15, 0.2) is 0 Å². The molecule has 4 heteroatoms. The van der Waals surface area contributed by atoms with E-state index in [1.54, 1.807) is 0 Å². The fourth-order valence-corrected chi connectivity index (χ4v) is 3.29. The van der Waals surface area contributed by atoms with Gasteiger partial charge in [-0.15, -0.1) is 0 Å². The SMILES string of the molecule is CCN(CC)CCN1C(=O)c2cccc3cc(C)cc(c23)C1=O. The van der Waals surface area contributed by atoms with Gasteiger partial charge in [0.1, 0.15) is 0 Å². The zero-order valence-electron chi connectivity index (χ0n) is 13.9. The van der Waals surface area contributed by atoms with E-state index in [0.29, 0.717) is 24.2 Å². The minimum atomic E-state index is -0.177. The third-order valence-corrected chi connectivity index (χ3v) is 4.61. The Morgan fingerprint density at radius 3 is 2.39 bits per heavy atom. The molecular weight excluding hydrogens is 288 g/mol. The van der Waals surface area contributed by atoms with Gasteiger partial charge in [-0.1, -0.05) is 32.0 Å². The van der Waals surface area contributed by atoms with Crippen molar-refractivity contribution in [1.29, 1.82) is 0 Å². The van der Waals surface area contributed by atoms with Crippen LogP contribution in [0.5, 0.6) is 0 Å². The van der Waals surface area contributed by atoms with Crippen molar-refractivity contribution in [2.24, 2.45) is 0 Å². The van der Waals surface area contributed by atoms with Crippen LogP contribution < -0.4 is 0 Å². The van der Waals surface area contributed by atoms with E-state index in [1.807, 2.05) is 37.3 Å². The molecule has 1 aliphatic heterocycles. The number of hydrogen-bond donors (Lipinski definition) is 0. The quantitative estimate of drug-likeness (QED) is 0.797.